The van der Waals surface area contributed by atoms with Gasteiger partial charge >= 0.3 is 0 Å². The van der Waals surface area contributed by atoms with E-state index in [2.05, 4.69) is 22.9 Å². The maximum atomic E-state index is 11.2. The maximum Gasteiger partial charge on any atom is 0.133 e. The Bertz CT molecular complexity index is 794. The van der Waals surface area contributed by atoms with Gasteiger partial charge in [-0.25, -0.2) is 0 Å². The van der Waals surface area contributed by atoms with E-state index in [-0.39, 0.29) is 5.75 Å². The number of likely N-dealkylation sites (tertiary alicyclic amines) is 1. The number of benzene rings is 1. The standard InChI is InChI=1S/C23H30N2O3/c1-16(22-7-6-20(26)12-24-22)13-25-14-18-10-23(27,11-19(18)15-25)9-17-4-3-5-21(8-17)28-2/h3-8,12,16,18-19,26-27H,9-11,13-15H2,1-2H3/t16?,18-,19+,23-. The predicted octanol–water partition coefficient (Wildman–Crippen LogP) is 3.21. The van der Waals surface area contributed by atoms with Gasteiger partial charge in [0.15, 0.2) is 0 Å². The number of ether oxygens (including phenoxy) is 1. The molecular formula is C23H30N2O3. The molecule has 4 rings (SSSR count). The molecule has 1 aromatic carbocycles. The van der Waals surface area contributed by atoms with Gasteiger partial charge in [0.1, 0.15) is 11.5 Å². The van der Waals surface area contributed by atoms with E-state index >= 15 is 0 Å². The summed E-state index contributed by atoms with van der Waals surface area (Å²) < 4.78 is 5.31. The fraction of sp³-hybridized carbons (Fsp3) is 0.522. The molecule has 2 aromatic rings. The number of aromatic nitrogens is 1. The van der Waals surface area contributed by atoms with Crippen molar-refractivity contribution in [2.24, 2.45) is 11.8 Å². The number of rotatable bonds is 6. The largest absolute Gasteiger partial charge is 0.506 e. The average Bonchev–Trinajstić information content (AvgIpc) is 3.16. The van der Waals surface area contributed by atoms with Crippen LogP contribution in [0.3, 0.4) is 0 Å². The Morgan fingerprint density at radius 3 is 2.61 bits per heavy atom. The molecule has 2 aliphatic rings. The summed E-state index contributed by atoms with van der Waals surface area (Å²) in [5, 5.41) is 20.6. The number of pyridine rings is 1. The first-order valence-electron chi connectivity index (χ1n) is 10.2. The summed E-state index contributed by atoms with van der Waals surface area (Å²) >= 11 is 0. The van der Waals surface area contributed by atoms with Crippen molar-refractivity contribution in [2.75, 3.05) is 26.7 Å². The summed E-state index contributed by atoms with van der Waals surface area (Å²) in [5.74, 6) is 2.52. The molecule has 0 spiro atoms. The number of aromatic hydroxyl groups is 1. The van der Waals surface area contributed by atoms with E-state index in [1.54, 1.807) is 13.2 Å². The summed E-state index contributed by atoms with van der Waals surface area (Å²) in [6, 6.07) is 11.7. The quantitative estimate of drug-likeness (QED) is 0.803. The molecular weight excluding hydrogens is 352 g/mol. The number of hydrogen-bond acceptors (Lipinski definition) is 5. The molecule has 0 amide bonds. The number of methoxy groups -OCH3 is 1. The van der Waals surface area contributed by atoms with Gasteiger partial charge in [-0.2, -0.15) is 0 Å². The van der Waals surface area contributed by atoms with Crippen molar-refractivity contribution in [2.45, 2.75) is 37.7 Å². The van der Waals surface area contributed by atoms with Gasteiger partial charge in [0.05, 0.1) is 18.9 Å². The van der Waals surface area contributed by atoms with Crippen LogP contribution in [-0.4, -0.2) is 52.4 Å². The smallest absolute Gasteiger partial charge is 0.133 e. The summed E-state index contributed by atoms with van der Waals surface area (Å²) in [6.07, 6.45) is 3.96. The summed E-state index contributed by atoms with van der Waals surface area (Å²) in [4.78, 5) is 6.86. The molecule has 1 saturated heterocycles. The second-order valence-corrected chi connectivity index (χ2v) is 8.74. The fourth-order valence-electron chi connectivity index (χ4n) is 5.18. The van der Waals surface area contributed by atoms with Gasteiger partial charge in [-0.15, -0.1) is 0 Å². The van der Waals surface area contributed by atoms with E-state index in [4.69, 9.17) is 4.74 Å². The lowest BCUT2D eigenvalue weighted by Crippen LogP contribution is -2.33. The number of hydrogen-bond donors (Lipinski definition) is 2. The van der Waals surface area contributed by atoms with Crippen molar-refractivity contribution in [3.63, 3.8) is 0 Å². The Labute approximate surface area is 167 Å². The van der Waals surface area contributed by atoms with Gasteiger partial charge in [-0.05, 0) is 54.5 Å². The minimum Gasteiger partial charge on any atom is -0.506 e. The van der Waals surface area contributed by atoms with Crippen LogP contribution in [0.2, 0.25) is 0 Å². The Hall–Kier alpha value is -2.11. The zero-order chi connectivity index (χ0) is 19.7. The zero-order valence-electron chi connectivity index (χ0n) is 16.7. The second kappa shape index (κ2) is 7.72. The number of fused-ring (bicyclic) bond motifs is 1. The lowest BCUT2D eigenvalue weighted by atomic mass is 9.91. The SMILES string of the molecule is COc1cccc(C[C@]2(O)C[C@H]3CN(CC(C)c4ccc(O)cn4)C[C@H]3C2)c1. The molecule has 1 saturated carbocycles. The van der Waals surface area contributed by atoms with Crippen LogP contribution in [0.15, 0.2) is 42.6 Å². The van der Waals surface area contributed by atoms with Crippen LogP contribution in [0.1, 0.15) is 36.9 Å². The van der Waals surface area contributed by atoms with E-state index in [1.165, 1.54) is 6.20 Å². The van der Waals surface area contributed by atoms with Gasteiger partial charge in [0.25, 0.3) is 0 Å². The van der Waals surface area contributed by atoms with Crippen molar-refractivity contribution in [3.05, 3.63) is 53.9 Å². The summed E-state index contributed by atoms with van der Waals surface area (Å²) in [5.41, 5.74) is 1.56. The van der Waals surface area contributed by atoms with Crippen LogP contribution in [0.25, 0.3) is 0 Å². The molecule has 0 radical (unpaired) electrons. The van der Waals surface area contributed by atoms with Crippen LogP contribution in [-0.2, 0) is 6.42 Å². The number of aliphatic hydroxyl groups is 1. The Balaban J connectivity index is 1.33. The molecule has 5 nitrogen and oxygen atoms in total. The minimum atomic E-state index is -0.599. The third kappa shape index (κ3) is 4.15. The van der Waals surface area contributed by atoms with Crippen molar-refractivity contribution in [1.29, 1.82) is 0 Å². The zero-order valence-corrected chi connectivity index (χ0v) is 16.7. The second-order valence-electron chi connectivity index (χ2n) is 8.74. The highest BCUT2D eigenvalue weighted by atomic mass is 16.5. The molecule has 2 N–H and O–H groups in total. The van der Waals surface area contributed by atoms with Crippen molar-refractivity contribution in [1.82, 2.24) is 9.88 Å². The first-order valence-corrected chi connectivity index (χ1v) is 10.2. The fourth-order valence-corrected chi connectivity index (χ4v) is 5.18. The Morgan fingerprint density at radius 2 is 1.96 bits per heavy atom. The summed E-state index contributed by atoms with van der Waals surface area (Å²) in [6.45, 7) is 5.26. The molecule has 1 aliphatic heterocycles. The predicted molar refractivity (Wildman–Crippen MR) is 109 cm³/mol. The lowest BCUT2D eigenvalue weighted by Gasteiger charge is -2.27. The molecule has 1 aliphatic carbocycles. The van der Waals surface area contributed by atoms with Crippen molar-refractivity contribution < 1.29 is 14.9 Å². The third-order valence-electron chi connectivity index (χ3n) is 6.41. The van der Waals surface area contributed by atoms with Crippen LogP contribution >= 0.6 is 0 Å². The minimum absolute atomic E-state index is 0.210. The topological polar surface area (TPSA) is 65.8 Å². The first-order chi connectivity index (χ1) is 13.4. The molecule has 4 atom stereocenters. The van der Waals surface area contributed by atoms with Gasteiger partial charge in [0, 0.05) is 37.7 Å². The van der Waals surface area contributed by atoms with Crippen LogP contribution < -0.4 is 4.74 Å². The van der Waals surface area contributed by atoms with Crippen molar-refractivity contribution >= 4 is 0 Å². The summed E-state index contributed by atoms with van der Waals surface area (Å²) in [7, 11) is 1.68. The van der Waals surface area contributed by atoms with Crippen LogP contribution in [0.4, 0.5) is 0 Å². The average molecular weight is 383 g/mol. The van der Waals surface area contributed by atoms with Crippen molar-refractivity contribution in [3.8, 4) is 11.5 Å². The maximum absolute atomic E-state index is 11.2. The molecule has 0 bridgehead atoms. The molecule has 1 unspecified atom stereocenters. The highest BCUT2D eigenvalue weighted by molar-refractivity contribution is 5.30. The molecule has 28 heavy (non-hydrogen) atoms. The van der Waals surface area contributed by atoms with E-state index < -0.39 is 5.60 Å². The monoisotopic (exact) mass is 382 g/mol. The van der Waals surface area contributed by atoms with Crippen LogP contribution in [0.5, 0.6) is 11.5 Å². The van der Waals surface area contributed by atoms with Crippen LogP contribution in [0, 0.1) is 11.8 Å². The van der Waals surface area contributed by atoms with Gasteiger partial charge < -0.3 is 19.8 Å². The highest BCUT2D eigenvalue weighted by Gasteiger charge is 2.48. The molecule has 1 aromatic heterocycles. The normalized spacial score (nSPS) is 28.2. The van der Waals surface area contributed by atoms with Gasteiger partial charge in [-0.3, -0.25) is 4.98 Å². The Morgan fingerprint density at radius 1 is 1.21 bits per heavy atom. The molecule has 2 heterocycles. The van der Waals surface area contributed by atoms with Gasteiger partial charge in [0.2, 0.25) is 0 Å². The van der Waals surface area contributed by atoms with E-state index in [0.717, 1.165) is 49.5 Å². The highest BCUT2D eigenvalue weighted by Crippen LogP contribution is 2.45. The molecule has 2 fully saturated rings. The molecule has 5 heteroatoms. The lowest BCUT2D eigenvalue weighted by molar-refractivity contribution is 0.0352. The number of nitrogens with zero attached hydrogens (tertiary/aromatic N) is 2. The Kier molecular flexibility index (Phi) is 5.30. The van der Waals surface area contributed by atoms with E-state index in [9.17, 15) is 10.2 Å². The first kappa shape index (κ1) is 19.2. The van der Waals surface area contributed by atoms with E-state index in [0.29, 0.717) is 24.2 Å². The third-order valence-corrected chi connectivity index (χ3v) is 6.41. The van der Waals surface area contributed by atoms with Gasteiger partial charge in [-0.1, -0.05) is 19.1 Å². The van der Waals surface area contributed by atoms with E-state index in [1.807, 2.05) is 24.3 Å². The molecule has 150 valence electrons.